The van der Waals surface area contributed by atoms with E-state index in [0.29, 0.717) is 16.7 Å². The monoisotopic (exact) mass is 649 g/mol. The molecule has 0 radical (unpaired) electrons. The molecule has 47 heavy (non-hydrogen) atoms. The third-order valence-electron chi connectivity index (χ3n) is 10.8. The largest absolute Gasteiger partial charge is 0.477 e. The van der Waals surface area contributed by atoms with Crippen molar-refractivity contribution in [3.05, 3.63) is 64.7 Å². The summed E-state index contributed by atoms with van der Waals surface area (Å²) in [5, 5.41) is 20.8. The first-order valence-electron chi connectivity index (χ1n) is 17.3. The summed E-state index contributed by atoms with van der Waals surface area (Å²) in [7, 11) is 0. The first-order chi connectivity index (χ1) is 23.0. The summed E-state index contributed by atoms with van der Waals surface area (Å²) in [4.78, 5) is 27.5. The Morgan fingerprint density at radius 2 is 1.77 bits per heavy atom. The normalized spacial score (nSPS) is 18.0. The fourth-order valence-electron chi connectivity index (χ4n) is 8.30. The first-order valence-corrected chi connectivity index (χ1v) is 18.1. The minimum atomic E-state index is -0.841. The number of hydrogen-bond donors (Lipinski definition) is 2. The Labute approximate surface area is 279 Å². The highest BCUT2D eigenvalue weighted by Crippen LogP contribution is 2.50. The van der Waals surface area contributed by atoms with Crippen molar-refractivity contribution in [3.8, 4) is 22.6 Å². The highest BCUT2D eigenvalue weighted by atomic mass is 32.1. The molecule has 0 bridgehead atoms. The molecule has 0 amide bonds. The van der Waals surface area contributed by atoms with Crippen LogP contribution in [0.2, 0.25) is 0 Å². The summed E-state index contributed by atoms with van der Waals surface area (Å²) in [5.74, 6) is 0.00966. The molecule has 1 aromatic carbocycles. The van der Waals surface area contributed by atoms with Crippen LogP contribution in [0.15, 0.2) is 48.7 Å². The summed E-state index contributed by atoms with van der Waals surface area (Å²) in [6, 6.07) is 14.8. The quantitative estimate of drug-likeness (QED) is 0.188. The molecule has 5 aromatic rings. The number of nitrogens with zero attached hydrogens (tertiary/aromatic N) is 5. The lowest BCUT2D eigenvalue weighted by Gasteiger charge is -2.34. The van der Waals surface area contributed by atoms with Crippen LogP contribution in [0.3, 0.4) is 0 Å². The Hall–Kier alpha value is -3.79. The highest BCUT2D eigenvalue weighted by molar-refractivity contribution is 7.21. The average Bonchev–Trinajstić information content (AvgIpc) is 3.61. The number of aliphatic hydroxyl groups is 1. The number of aromatic nitrogens is 3. The number of aromatic carboxylic acids is 1. The van der Waals surface area contributed by atoms with Gasteiger partial charge in [0, 0.05) is 49.9 Å². The third kappa shape index (κ3) is 5.62. The van der Waals surface area contributed by atoms with Crippen LogP contribution in [0, 0.1) is 12.8 Å². The van der Waals surface area contributed by atoms with Crippen molar-refractivity contribution in [2.45, 2.75) is 64.3 Å². The number of fused-ring (bicyclic) bond motifs is 7. The van der Waals surface area contributed by atoms with Crippen molar-refractivity contribution in [1.29, 1.82) is 0 Å². The van der Waals surface area contributed by atoms with Crippen LogP contribution in [0.4, 0.5) is 5.69 Å². The third-order valence-corrected chi connectivity index (χ3v) is 12.0. The van der Waals surface area contributed by atoms with Gasteiger partial charge < -0.3 is 24.6 Å². The minimum absolute atomic E-state index is 0.287. The highest BCUT2D eigenvalue weighted by Gasteiger charge is 2.33. The maximum Gasteiger partial charge on any atom is 0.345 e. The Balaban J connectivity index is 1.28. The zero-order chi connectivity index (χ0) is 32.1. The molecule has 0 spiro atoms. The number of carboxylic acid groups (broad SMARTS) is 1. The SMILES string of the molecule is Cc1ccnc(-c2ccc3c4c(ccc3n2)-c2c(C3CCCCC3)c3sc(C(=O)O)cc3n2CCN4CCN2CCC(CO)CC2)c1. The van der Waals surface area contributed by atoms with E-state index in [1.54, 1.807) is 0 Å². The van der Waals surface area contributed by atoms with Crippen LogP contribution in [0.25, 0.3) is 43.8 Å². The molecule has 0 unspecified atom stereocenters. The van der Waals surface area contributed by atoms with Gasteiger partial charge in [0.2, 0.25) is 0 Å². The predicted molar refractivity (Wildman–Crippen MR) is 190 cm³/mol. The van der Waals surface area contributed by atoms with E-state index in [4.69, 9.17) is 4.98 Å². The summed E-state index contributed by atoms with van der Waals surface area (Å²) in [5.41, 5.74) is 10.1. The van der Waals surface area contributed by atoms with Gasteiger partial charge in [-0.3, -0.25) is 4.98 Å². The van der Waals surface area contributed by atoms with Gasteiger partial charge in [-0.2, -0.15) is 0 Å². The zero-order valence-corrected chi connectivity index (χ0v) is 27.9. The van der Waals surface area contributed by atoms with Gasteiger partial charge in [0.15, 0.2) is 0 Å². The van der Waals surface area contributed by atoms with Gasteiger partial charge in [0.1, 0.15) is 4.88 Å². The molecule has 8 nitrogen and oxygen atoms in total. The lowest BCUT2D eigenvalue weighted by Crippen LogP contribution is -2.41. The number of aliphatic hydroxyl groups excluding tert-OH is 1. The number of carbonyl (C=O) groups is 1. The van der Waals surface area contributed by atoms with Gasteiger partial charge in [-0.25, -0.2) is 9.78 Å². The lowest BCUT2D eigenvalue weighted by atomic mass is 9.82. The first kappa shape index (κ1) is 30.5. The van der Waals surface area contributed by atoms with Crippen LogP contribution in [-0.4, -0.2) is 74.9 Å². The Kier molecular flexibility index (Phi) is 8.23. The van der Waals surface area contributed by atoms with Gasteiger partial charge in [0.25, 0.3) is 0 Å². The molecule has 1 saturated heterocycles. The molecule has 6 heterocycles. The summed E-state index contributed by atoms with van der Waals surface area (Å²) < 4.78 is 3.60. The zero-order valence-electron chi connectivity index (χ0n) is 27.1. The van der Waals surface area contributed by atoms with Crippen molar-refractivity contribution >= 4 is 44.1 Å². The molecule has 244 valence electrons. The number of benzene rings is 1. The van der Waals surface area contributed by atoms with E-state index < -0.39 is 5.97 Å². The number of carboxylic acids is 1. The van der Waals surface area contributed by atoms with E-state index >= 15 is 0 Å². The van der Waals surface area contributed by atoms with E-state index in [2.05, 4.69) is 56.6 Å². The molecule has 0 atom stereocenters. The molecule has 1 saturated carbocycles. The van der Waals surface area contributed by atoms with Crippen LogP contribution in [-0.2, 0) is 6.54 Å². The van der Waals surface area contributed by atoms with Gasteiger partial charge in [-0.05, 0) is 111 Å². The van der Waals surface area contributed by atoms with Crippen LogP contribution >= 0.6 is 11.3 Å². The molecular weight excluding hydrogens is 607 g/mol. The van der Waals surface area contributed by atoms with Crippen molar-refractivity contribution in [2.24, 2.45) is 5.92 Å². The molecule has 3 aliphatic rings. The Bertz CT molecular complexity index is 1950. The van der Waals surface area contributed by atoms with Crippen LogP contribution in [0.5, 0.6) is 0 Å². The molecule has 1 aliphatic carbocycles. The number of pyridine rings is 2. The standard InChI is InChI=1S/C38H43N5O3S/c1-24-11-14-39-31(21-24)30-10-7-27-29(40-30)9-8-28-35(27)42(18-17-41-15-12-25(23-44)13-16-41)19-20-43-32-22-33(38(45)46)47-37(32)34(36(28)43)26-5-3-2-4-6-26/h7-11,14,21-22,25-26,44H,2-6,12-13,15-20,23H2,1H3,(H,45,46). The predicted octanol–water partition coefficient (Wildman–Crippen LogP) is 7.56. The van der Waals surface area contributed by atoms with Crippen molar-refractivity contribution in [3.63, 3.8) is 0 Å². The number of likely N-dealkylation sites (tertiary alicyclic amines) is 1. The van der Waals surface area contributed by atoms with Crippen molar-refractivity contribution in [1.82, 2.24) is 19.4 Å². The second-order valence-electron chi connectivity index (χ2n) is 13.8. The maximum absolute atomic E-state index is 12.2. The van der Waals surface area contributed by atoms with Crippen molar-refractivity contribution < 1.29 is 15.0 Å². The van der Waals surface area contributed by atoms with E-state index in [1.807, 2.05) is 18.3 Å². The Morgan fingerprint density at radius 1 is 0.936 bits per heavy atom. The Morgan fingerprint density at radius 3 is 2.53 bits per heavy atom. The van der Waals surface area contributed by atoms with E-state index in [-0.39, 0.29) is 6.61 Å². The molecule has 2 fully saturated rings. The maximum atomic E-state index is 12.2. The molecule has 9 heteroatoms. The van der Waals surface area contributed by atoms with Gasteiger partial charge in [-0.1, -0.05) is 19.3 Å². The number of rotatable bonds is 7. The van der Waals surface area contributed by atoms with Gasteiger partial charge in [0.05, 0.1) is 38.5 Å². The molecular formula is C38H43N5O3S. The summed E-state index contributed by atoms with van der Waals surface area (Å²) in [6.45, 7) is 7.91. The average molecular weight is 650 g/mol. The molecule has 4 aromatic heterocycles. The van der Waals surface area contributed by atoms with Crippen LogP contribution < -0.4 is 4.90 Å². The smallest absolute Gasteiger partial charge is 0.345 e. The molecule has 8 rings (SSSR count). The van der Waals surface area contributed by atoms with Crippen LogP contribution in [0.1, 0.15) is 71.7 Å². The number of thiophene rings is 1. The van der Waals surface area contributed by atoms with E-state index in [1.165, 1.54) is 53.1 Å². The second-order valence-corrected chi connectivity index (χ2v) is 14.8. The topological polar surface area (TPSA) is 94.7 Å². The molecule has 2 aliphatic heterocycles. The minimum Gasteiger partial charge on any atom is -0.477 e. The number of hydrogen-bond acceptors (Lipinski definition) is 7. The summed E-state index contributed by atoms with van der Waals surface area (Å²) in [6.07, 6.45) is 9.96. The van der Waals surface area contributed by atoms with Gasteiger partial charge >= 0.3 is 5.97 Å². The van der Waals surface area contributed by atoms with Gasteiger partial charge in [-0.15, -0.1) is 11.3 Å². The summed E-state index contributed by atoms with van der Waals surface area (Å²) >= 11 is 1.46. The van der Waals surface area contributed by atoms with E-state index in [9.17, 15) is 15.0 Å². The van der Waals surface area contributed by atoms with Crippen molar-refractivity contribution in [2.75, 3.05) is 44.2 Å². The molecule has 2 N–H and O–H groups in total. The second kappa shape index (κ2) is 12.7. The number of piperidine rings is 1. The number of anilines is 1. The number of aryl methyl sites for hydroxylation is 1. The fourth-order valence-corrected chi connectivity index (χ4v) is 9.42. The lowest BCUT2D eigenvalue weighted by molar-refractivity contribution is 0.0702. The van der Waals surface area contributed by atoms with E-state index in [0.717, 1.165) is 103 Å². The fraction of sp³-hybridized carbons (Fsp3) is 0.447.